The van der Waals surface area contributed by atoms with Gasteiger partial charge in [0.25, 0.3) is 5.56 Å². The molecule has 2 atom stereocenters. The van der Waals surface area contributed by atoms with Crippen LogP contribution in [0.15, 0.2) is 35.3 Å². The quantitative estimate of drug-likeness (QED) is 0.478. The average Bonchev–Trinajstić information content (AvgIpc) is 2.99. The molecule has 1 spiro atoms. The molecule has 0 saturated carbocycles. The Morgan fingerprint density at radius 2 is 1.93 bits per heavy atom. The summed E-state index contributed by atoms with van der Waals surface area (Å²) < 4.78 is 18.5. The van der Waals surface area contributed by atoms with Crippen LogP contribution in [0.1, 0.15) is 50.8 Å². The summed E-state index contributed by atoms with van der Waals surface area (Å²) in [5.74, 6) is 0.730. The minimum Gasteiger partial charge on any atom is -0.598 e. The second-order valence-corrected chi connectivity index (χ2v) is 12.6. The standard InChI is InChI=1S/C22H29IN4O2S/c1-21(2,3)30(29)25-18-16-8-6-5-7-15(16)13-22(18)9-11-27(12-10-22)20-24-14-17(23)19(28)26(20)4/h5-8,14,18,25H,9-13H2,1-4H3/t18-,30?/m1/s1. The van der Waals surface area contributed by atoms with E-state index in [1.807, 2.05) is 43.4 Å². The van der Waals surface area contributed by atoms with Crippen molar-refractivity contribution in [3.8, 4) is 0 Å². The summed E-state index contributed by atoms with van der Waals surface area (Å²) in [6.45, 7) is 7.68. The largest absolute Gasteiger partial charge is 0.598 e. The van der Waals surface area contributed by atoms with Crippen molar-refractivity contribution in [2.24, 2.45) is 12.5 Å². The third-order valence-electron chi connectivity index (χ3n) is 6.45. The summed E-state index contributed by atoms with van der Waals surface area (Å²) in [6, 6.07) is 8.63. The minimum atomic E-state index is -1.14. The number of benzene rings is 1. The molecular weight excluding hydrogens is 511 g/mol. The summed E-state index contributed by atoms with van der Waals surface area (Å²) in [4.78, 5) is 19.1. The molecule has 1 unspecified atom stereocenters. The topological polar surface area (TPSA) is 73.2 Å². The molecule has 162 valence electrons. The van der Waals surface area contributed by atoms with Crippen molar-refractivity contribution >= 4 is 39.9 Å². The van der Waals surface area contributed by atoms with Gasteiger partial charge in [0.05, 0.1) is 9.61 Å². The molecule has 1 aliphatic carbocycles. The van der Waals surface area contributed by atoms with Crippen LogP contribution in [0.4, 0.5) is 5.95 Å². The van der Waals surface area contributed by atoms with Crippen LogP contribution in [0.2, 0.25) is 0 Å². The number of hydrogen-bond acceptors (Lipinski definition) is 5. The lowest BCUT2D eigenvalue weighted by molar-refractivity contribution is 0.175. The van der Waals surface area contributed by atoms with Crippen LogP contribution >= 0.6 is 22.6 Å². The lowest BCUT2D eigenvalue weighted by atomic mass is 9.73. The van der Waals surface area contributed by atoms with Crippen molar-refractivity contribution in [1.29, 1.82) is 0 Å². The summed E-state index contributed by atoms with van der Waals surface area (Å²) >= 11 is 0.894. The van der Waals surface area contributed by atoms with Gasteiger partial charge in [0.1, 0.15) is 4.75 Å². The Morgan fingerprint density at radius 1 is 1.27 bits per heavy atom. The molecular formula is C22H29IN4O2S. The molecule has 1 aliphatic heterocycles. The number of nitrogens with zero attached hydrogens (tertiary/aromatic N) is 3. The summed E-state index contributed by atoms with van der Waals surface area (Å²) in [6.07, 6.45) is 4.57. The maximum atomic E-state index is 13.0. The molecule has 1 saturated heterocycles. The zero-order chi connectivity index (χ0) is 21.7. The van der Waals surface area contributed by atoms with Crippen LogP contribution in [0.5, 0.6) is 0 Å². The van der Waals surface area contributed by atoms with Gasteiger partial charge < -0.3 is 9.45 Å². The lowest BCUT2D eigenvalue weighted by Gasteiger charge is -2.44. The van der Waals surface area contributed by atoms with Gasteiger partial charge in [-0.2, -0.15) is 0 Å². The maximum Gasteiger partial charge on any atom is 0.268 e. The number of piperidine rings is 1. The lowest BCUT2D eigenvalue weighted by Crippen LogP contribution is -2.50. The molecule has 6 nitrogen and oxygen atoms in total. The Bertz CT molecular complexity index is 995. The molecule has 4 rings (SSSR count). The fraction of sp³-hybridized carbons (Fsp3) is 0.545. The van der Waals surface area contributed by atoms with Gasteiger partial charge in [-0.3, -0.25) is 9.36 Å². The Balaban J connectivity index is 1.60. The van der Waals surface area contributed by atoms with Crippen molar-refractivity contribution in [3.63, 3.8) is 0 Å². The van der Waals surface area contributed by atoms with Crippen LogP contribution in [-0.2, 0) is 24.8 Å². The number of aromatic nitrogens is 2. The molecule has 0 amide bonds. The van der Waals surface area contributed by atoms with Crippen molar-refractivity contribution < 1.29 is 4.55 Å². The maximum absolute atomic E-state index is 13.0. The molecule has 1 fully saturated rings. The third kappa shape index (κ3) is 3.91. The SMILES string of the molecule is Cn1c(N2CCC3(CC2)Cc2ccccc2[C@H]3N[S+]([O-])C(C)(C)C)ncc(I)c1=O. The van der Waals surface area contributed by atoms with Crippen molar-refractivity contribution in [2.45, 2.75) is 50.8 Å². The van der Waals surface area contributed by atoms with Crippen molar-refractivity contribution in [1.82, 2.24) is 14.3 Å². The number of anilines is 1. The number of rotatable bonds is 3. The van der Waals surface area contributed by atoms with E-state index in [1.165, 1.54) is 11.1 Å². The van der Waals surface area contributed by atoms with Gasteiger partial charge in [0.2, 0.25) is 5.95 Å². The predicted octanol–water partition coefficient (Wildman–Crippen LogP) is 3.32. The molecule has 2 heterocycles. The van der Waals surface area contributed by atoms with Crippen LogP contribution in [0, 0.1) is 8.99 Å². The normalized spacial score (nSPS) is 21.7. The summed E-state index contributed by atoms with van der Waals surface area (Å²) in [5.41, 5.74) is 2.66. The Labute approximate surface area is 194 Å². The van der Waals surface area contributed by atoms with E-state index in [2.05, 4.69) is 38.9 Å². The fourth-order valence-corrected chi connectivity index (χ4v) is 6.12. The van der Waals surface area contributed by atoms with Gasteiger partial charge in [0, 0.05) is 43.1 Å². The summed E-state index contributed by atoms with van der Waals surface area (Å²) in [7, 11) is 1.79. The van der Waals surface area contributed by atoms with E-state index in [0.717, 1.165) is 38.3 Å². The Hall–Kier alpha value is -1.10. The highest BCUT2D eigenvalue weighted by Crippen LogP contribution is 2.52. The fourth-order valence-electron chi connectivity index (χ4n) is 4.68. The summed E-state index contributed by atoms with van der Waals surface area (Å²) in [5, 5.41) is 0. The van der Waals surface area contributed by atoms with E-state index in [0.29, 0.717) is 3.57 Å². The van der Waals surface area contributed by atoms with Gasteiger partial charge in [-0.25, -0.2) is 4.98 Å². The van der Waals surface area contributed by atoms with Gasteiger partial charge in [0.15, 0.2) is 0 Å². The second-order valence-electron chi connectivity index (χ2n) is 9.43. The first-order valence-corrected chi connectivity index (χ1v) is 12.6. The van der Waals surface area contributed by atoms with Crippen LogP contribution in [0.25, 0.3) is 0 Å². The van der Waals surface area contributed by atoms with E-state index >= 15 is 0 Å². The molecule has 0 bridgehead atoms. The monoisotopic (exact) mass is 540 g/mol. The Kier molecular flexibility index (Phi) is 5.97. The molecule has 1 N–H and O–H groups in total. The molecule has 30 heavy (non-hydrogen) atoms. The van der Waals surface area contributed by atoms with E-state index < -0.39 is 11.4 Å². The Morgan fingerprint density at radius 3 is 2.60 bits per heavy atom. The van der Waals surface area contributed by atoms with E-state index in [-0.39, 0.29) is 21.8 Å². The van der Waals surface area contributed by atoms with Gasteiger partial charge in [-0.1, -0.05) is 24.3 Å². The molecule has 1 aromatic carbocycles. The first-order valence-electron chi connectivity index (χ1n) is 10.3. The number of halogens is 1. The smallest absolute Gasteiger partial charge is 0.268 e. The van der Waals surface area contributed by atoms with Gasteiger partial charge in [-0.05, 0) is 73.8 Å². The van der Waals surface area contributed by atoms with E-state index in [1.54, 1.807) is 17.8 Å². The average molecular weight is 540 g/mol. The zero-order valence-electron chi connectivity index (χ0n) is 17.9. The van der Waals surface area contributed by atoms with Crippen molar-refractivity contribution in [2.75, 3.05) is 18.0 Å². The predicted molar refractivity (Wildman–Crippen MR) is 130 cm³/mol. The van der Waals surface area contributed by atoms with E-state index in [9.17, 15) is 9.35 Å². The number of fused-ring (bicyclic) bond motifs is 1. The highest BCUT2D eigenvalue weighted by Gasteiger charge is 2.50. The molecule has 1 aromatic heterocycles. The van der Waals surface area contributed by atoms with Gasteiger partial charge in [-0.15, -0.1) is 4.72 Å². The van der Waals surface area contributed by atoms with E-state index in [4.69, 9.17) is 0 Å². The van der Waals surface area contributed by atoms with Crippen molar-refractivity contribution in [3.05, 3.63) is 55.5 Å². The number of hydrogen-bond donors (Lipinski definition) is 1. The molecule has 2 aromatic rings. The first kappa shape index (κ1) is 22.1. The van der Waals surface area contributed by atoms with Crippen LogP contribution in [0.3, 0.4) is 0 Å². The third-order valence-corrected chi connectivity index (χ3v) is 8.75. The van der Waals surface area contributed by atoms with Crippen LogP contribution < -0.4 is 15.2 Å². The minimum absolute atomic E-state index is 0.00530. The highest BCUT2D eigenvalue weighted by atomic mass is 127. The van der Waals surface area contributed by atoms with Crippen LogP contribution in [-0.4, -0.2) is 31.9 Å². The molecule has 0 radical (unpaired) electrons. The molecule has 2 aliphatic rings. The second kappa shape index (κ2) is 8.11. The first-order chi connectivity index (χ1) is 14.1. The molecule has 8 heteroatoms. The van der Waals surface area contributed by atoms with Gasteiger partial charge >= 0.3 is 0 Å². The highest BCUT2D eigenvalue weighted by molar-refractivity contribution is 14.1. The number of nitrogens with one attached hydrogen (secondary N) is 1. The zero-order valence-corrected chi connectivity index (χ0v) is 20.9.